The number of rotatable bonds is 5. The fourth-order valence-corrected chi connectivity index (χ4v) is 4.27. The average Bonchev–Trinajstić information content (AvgIpc) is 2.93. The topological polar surface area (TPSA) is 49.4 Å². The first-order valence-corrected chi connectivity index (χ1v) is 8.85. The van der Waals surface area contributed by atoms with E-state index >= 15 is 0 Å². The van der Waals surface area contributed by atoms with Crippen LogP contribution < -0.4 is 5.32 Å². The van der Waals surface area contributed by atoms with Crippen LogP contribution in [0.5, 0.6) is 0 Å². The first-order valence-electron chi connectivity index (χ1n) is 7.04. The van der Waals surface area contributed by atoms with E-state index < -0.39 is 15.8 Å². The van der Waals surface area contributed by atoms with E-state index in [0.29, 0.717) is 13.1 Å². The van der Waals surface area contributed by atoms with Crippen molar-refractivity contribution in [1.29, 1.82) is 0 Å². The molecule has 4 nitrogen and oxygen atoms in total. The molecular weight excluding hydrogens is 315 g/mol. The molecule has 21 heavy (non-hydrogen) atoms. The van der Waals surface area contributed by atoms with E-state index in [1.165, 1.54) is 16.4 Å². The summed E-state index contributed by atoms with van der Waals surface area (Å²) in [7, 11) is -3.81. The van der Waals surface area contributed by atoms with Crippen LogP contribution in [0.25, 0.3) is 0 Å². The molecular formula is C14H20ClFN2O2S. The highest BCUT2D eigenvalue weighted by Gasteiger charge is 2.31. The molecule has 0 aromatic heterocycles. The SMILES string of the molecule is CC(C)NCc1cc(Cl)cc(S(=O)(=O)N2CCCC2)c1F. The van der Waals surface area contributed by atoms with Crippen LogP contribution in [0.15, 0.2) is 17.0 Å². The normalized spacial score (nSPS) is 16.8. The maximum Gasteiger partial charge on any atom is 0.246 e. The molecule has 0 saturated carbocycles. The largest absolute Gasteiger partial charge is 0.310 e. The van der Waals surface area contributed by atoms with E-state index in [9.17, 15) is 12.8 Å². The van der Waals surface area contributed by atoms with Crippen LogP contribution in [-0.4, -0.2) is 31.9 Å². The molecule has 118 valence electrons. The summed E-state index contributed by atoms with van der Waals surface area (Å²) < 4.78 is 40.9. The summed E-state index contributed by atoms with van der Waals surface area (Å²) in [6, 6.07) is 2.83. The second kappa shape index (κ2) is 6.60. The molecule has 1 N–H and O–H groups in total. The molecule has 1 aliphatic rings. The van der Waals surface area contributed by atoms with Gasteiger partial charge in [-0.05, 0) is 25.0 Å². The summed E-state index contributed by atoms with van der Waals surface area (Å²) in [6.07, 6.45) is 1.62. The van der Waals surface area contributed by atoms with Gasteiger partial charge < -0.3 is 5.32 Å². The van der Waals surface area contributed by atoms with E-state index in [-0.39, 0.29) is 28.1 Å². The lowest BCUT2D eigenvalue weighted by Gasteiger charge is -2.18. The van der Waals surface area contributed by atoms with Crippen LogP contribution in [0, 0.1) is 5.82 Å². The highest BCUT2D eigenvalue weighted by molar-refractivity contribution is 7.89. The van der Waals surface area contributed by atoms with Crippen molar-refractivity contribution in [3.8, 4) is 0 Å². The first-order chi connectivity index (χ1) is 9.82. The fraction of sp³-hybridized carbons (Fsp3) is 0.571. The summed E-state index contributed by atoms with van der Waals surface area (Å²) in [5.74, 6) is -0.709. The molecule has 0 amide bonds. The van der Waals surface area contributed by atoms with Gasteiger partial charge in [-0.15, -0.1) is 0 Å². The Kier molecular flexibility index (Phi) is 5.24. The van der Waals surface area contributed by atoms with Crippen molar-refractivity contribution in [1.82, 2.24) is 9.62 Å². The standard InChI is InChI=1S/C14H20ClFN2O2S/c1-10(2)17-9-11-7-12(15)8-13(14(11)16)21(19,20)18-5-3-4-6-18/h7-8,10,17H,3-6,9H2,1-2H3. The van der Waals surface area contributed by atoms with E-state index in [0.717, 1.165) is 12.8 Å². The molecule has 1 fully saturated rings. The second-order valence-corrected chi connectivity index (χ2v) is 7.87. The van der Waals surface area contributed by atoms with Gasteiger partial charge >= 0.3 is 0 Å². The van der Waals surface area contributed by atoms with E-state index in [1.54, 1.807) is 0 Å². The molecule has 1 saturated heterocycles. The van der Waals surface area contributed by atoms with E-state index in [1.807, 2.05) is 13.8 Å². The van der Waals surface area contributed by atoms with Crippen LogP contribution in [0.2, 0.25) is 5.02 Å². The van der Waals surface area contributed by atoms with Gasteiger partial charge in [-0.3, -0.25) is 0 Å². The molecule has 0 spiro atoms. The number of nitrogens with one attached hydrogen (secondary N) is 1. The maximum atomic E-state index is 14.5. The van der Waals surface area contributed by atoms with Crippen molar-refractivity contribution < 1.29 is 12.8 Å². The maximum absolute atomic E-state index is 14.5. The summed E-state index contributed by atoms with van der Waals surface area (Å²) >= 11 is 5.97. The van der Waals surface area contributed by atoms with Crippen LogP contribution >= 0.6 is 11.6 Å². The van der Waals surface area contributed by atoms with Gasteiger partial charge in [-0.2, -0.15) is 4.31 Å². The summed E-state index contributed by atoms with van der Waals surface area (Å²) in [4.78, 5) is -0.322. The molecule has 1 aromatic carbocycles. The zero-order valence-corrected chi connectivity index (χ0v) is 13.8. The van der Waals surface area contributed by atoms with Gasteiger partial charge in [0.25, 0.3) is 0 Å². The van der Waals surface area contributed by atoms with Crippen LogP contribution in [0.1, 0.15) is 32.3 Å². The number of nitrogens with zero attached hydrogens (tertiary/aromatic N) is 1. The third kappa shape index (κ3) is 3.74. The minimum Gasteiger partial charge on any atom is -0.310 e. The predicted molar refractivity (Wildman–Crippen MR) is 81.4 cm³/mol. The highest BCUT2D eigenvalue weighted by Crippen LogP contribution is 2.28. The Labute approximate surface area is 130 Å². The number of hydrogen-bond donors (Lipinski definition) is 1. The predicted octanol–water partition coefficient (Wildman–Crippen LogP) is 2.76. The highest BCUT2D eigenvalue weighted by atomic mass is 35.5. The second-order valence-electron chi connectivity index (χ2n) is 5.52. The Bertz CT molecular complexity index is 614. The quantitative estimate of drug-likeness (QED) is 0.900. The Morgan fingerprint density at radius 2 is 1.95 bits per heavy atom. The van der Waals surface area contributed by atoms with Crippen molar-refractivity contribution in [2.75, 3.05) is 13.1 Å². The van der Waals surface area contributed by atoms with Gasteiger partial charge in [0.15, 0.2) is 0 Å². The molecule has 0 bridgehead atoms. The number of halogens is 2. The number of hydrogen-bond acceptors (Lipinski definition) is 3. The van der Waals surface area contributed by atoms with Crippen LogP contribution in [-0.2, 0) is 16.6 Å². The third-order valence-corrected chi connectivity index (χ3v) is 5.58. The molecule has 0 radical (unpaired) electrons. The zero-order valence-electron chi connectivity index (χ0n) is 12.2. The minimum atomic E-state index is -3.81. The molecule has 1 aliphatic heterocycles. The van der Waals surface area contributed by atoms with Crippen molar-refractivity contribution >= 4 is 21.6 Å². The molecule has 2 rings (SSSR count). The van der Waals surface area contributed by atoms with Crippen molar-refractivity contribution in [2.24, 2.45) is 0 Å². The number of benzene rings is 1. The van der Waals surface area contributed by atoms with Crippen LogP contribution in [0.3, 0.4) is 0 Å². The van der Waals surface area contributed by atoms with E-state index in [4.69, 9.17) is 11.6 Å². The lowest BCUT2D eigenvalue weighted by Crippen LogP contribution is -2.29. The van der Waals surface area contributed by atoms with Gasteiger partial charge in [-0.1, -0.05) is 25.4 Å². The van der Waals surface area contributed by atoms with Crippen LogP contribution in [0.4, 0.5) is 4.39 Å². The molecule has 0 unspecified atom stereocenters. The average molecular weight is 335 g/mol. The Balaban J connectivity index is 2.39. The summed E-state index contributed by atoms with van der Waals surface area (Å²) in [5, 5.41) is 3.30. The van der Waals surface area contributed by atoms with E-state index in [2.05, 4.69) is 5.32 Å². The fourth-order valence-electron chi connectivity index (χ4n) is 2.32. The molecule has 0 atom stereocenters. The third-order valence-electron chi connectivity index (χ3n) is 3.46. The van der Waals surface area contributed by atoms with Gasteiger partial charge in [0.05, 0.1) is 0 Å². The minimum absolute atomic E-state index is 0.169. The van der Waals surface area contributed by atoms with Gasteiger partial charge in [0.1, 0.15) is 10.7 Å². The zero-order chi connectivity index (χ0) is 15.6. The van der Waals surface area contributed by atoms with Gasteiger partial charge in [0.2, 0.25) is 10.0 Å². The van der Waals surface area contributed by atoms with Crippen molar-refractivity contribution in [2.45, 2.75) is 44.2 Å². The Hall–Kier alpha value is -0.690. The van der Waals surface area contributed by atoms with Gasteiger partial charge in [0, 0.05) is 36.3 Å². The summed E-state index contributed by atoms with van der Waals surface area (Å²) in [5.41, 5.74) is 0.272. The van der Waals surface area contributed by atoms with Crippen molar-refractivity contribution in [3.63, 3.8) is 0 Å². The van der Waals surface area contributed by atoms with Crippen molar-refractivity contribution in [3.05, 3.63) is 28.5 Å². The lowest BCUT2D eigenvalue weighted by molar-refractivity contribution is 0.467. The lowest BCUT2D eigenvalue weighted by atomic mass is 10.2. The summed E-state index contributed by atoms with van der Waals surface area (Å²) in [6.45, 7) is 4.99. The molecule has 1 aromatic rings. The monoisotopic (exact) mass is 334 g/mol. The number of sulfonamides is 1. The molecule has 0 aliphatic carbocycles. The first kappa shape index (κ1) is 16.7. The smallest absolute Gasteiger partial charge is 0.246 e. The molecule has 1 heterocycles. The molecule has 7 heteroatoms. The van der Waals surface area contributed by atoms with Gasteiger partial charge in [-0.25, -0.2) is 12.8 Å². The Morgan fingerprint density at radius 1 is 1.33 bits per heavy atom. The Morgan fingerprint density at radius 3 is 2.52 bits per heavy atom.